The lowest BCUT2D eigenvalue weighted by atomic mass is 9.35. The third-order valence-electron chi connectivity index (χ3n) is 17.9. The quantitative estimate of drug-likeness (QED) is 0.157. The molecule has 0 N–H and O–H groups in total. The zero-order valence-corrected chi connectivity index (χ0v) is 45.6. The number of rotatable bonds is 3. The van der Waals surface area contributed by atoms with Gasteiger partial charge in [0.1, 0.15) is 0 Å². The van der Waals surface area contributed by atoms with Crippen molar-refractivity contribution in [2.24, 2.45) is 0 Å². The van der Waals surface area contributed by atoms with Gasteiger partial charge in [-0.2, -0.15) is 0 Å². The lowest BCUT2D eigenvalue weighted by Gasteiger charge is -2.28. The molecule has 0 fully saturated rings. The van der Waals surface area contributed by atoms with E-state index < -0.39 is 0 Å². The average molecular weight is 1030 g/mol. The molecule has 0 amide bonds. The number of nitrogens with zero attached hydrogens (tertiary/aromatic N) is 3. The minimum atomic E-state index is 0.265. The second-order valence-corrected chi connectivity index (χ2v) is 22.4. The van der Waals surface area contributed by atoms with E-state index in [9.17, 15) is 0 Å². The maximum absolute atomic E-state index is 2.47. The zero-order valence-electron chi connectivity index (χ0n) is 45.6. The van der Waals surface area contributed by atoms with Crippen molar-refractivity contribution in [1.82, 2.24) is 13.7 Å². The Morgan fingerprint density at radius 2 is 0.667 bits per heavy atom. The summed E-state index contributed by atoms with van der Waals surface area (Å²) in [6.07, 6.45) is 0. The van der Waals surface area contributed by atoms with Crippen LogP contribution in [0.15, 0.2) is 273 Å². The van der Waals surface area contributed by atoms with Crippen LogP contribution in [0.4, 0.5) is 0 Å². The highest BCUT2D eigenvalue weighted by Gasteiger charge is 2.37. The maximum atomic E-state index is 2.47. The van der Waals surface area contributed by atoms with Gasteiger partial charge < -0.3 is 13.7 Å². The average Bonchev–Trinajstić information content (AvgIpc) is 4.38. The van der Waals surface area contributed by atoms with E-state index in [4.69, 9.17) is 0 Å². The van der Waals surface area contributed by atoms with Gasteiger partial charge >= 0.3 is 0 Å². The molecule has 15 aromatic rings. The molecule has 18 rings (SSSR count). The molecule has 6 heteroatoms. The molecule has 0 saturated heterocycles. The molecule has 3 aliphatic rings. The van der Waals surface area contributed by atoms with Crippen LogP contribution in [0.1, 0.15) is 16.7 Å². The summed E-state index contributed by atoms with van der Waals surface area (Å²) >= 11 is 0. The molecule has 3 aromatic heterocycles. The van der Waals surface area contributed by atoms with Crippen molar-refractivity contribution in [3.8, 4) is 17.1 Å². The topological polar surface area (TPSA) is 14.8 Å². The van der Waals surface area contributed by atoms with E-state index in [-0.39, 0.29) is 20.1 Å². The summed E-state index contributed by atoms with van der Waals surface area (Å²) in [6.45, 7) is 7.49. The Kier molecular flexibility index (Phi) is 10.9. The summed E-state index contributed by atoms with van der Waals surface area (Å²) in [7, 11) is 0. The molecule has 0 spiro atoms. The van der Waals surface area contributed by atoms with Crippen LogP contribution >= 0.6 is 0 Å². The molecule has 0 aliphatic carbocycles. The summed E-state index contributed by atoms with van der Waals surface area (Å²) < 4.78 is 7.41. The lowest BCUT2D eigenvalue weighted by Crippen LogP contribution is -2.56. The molecule has 81 heavy (non-hydrogen) atoms. The minimum absolute atomic E-state index is 0.265. The van der Waals surface area contributed by atoms with Crippen LogP contribution in [0.3, 0.4) is 0 Å². The largest absolute Gasteiger partial charge is 0.310 e. The van der Waals surface area contributed by atoms with Gasteiger partial charge in [-0.15, -0.1) is 0 Å². The minimum Gasteiger partial charge on any atom is -0.310 e. The van der Waals surface area contributed by atoms with Gasteiger partial charge in [0.2, 0.25) is 20.1 Å². The van der Waals surface area contributed by atoms with Gasteiger partial charge in [0.15, 0.2) is 0 Å². The first-order valence-corrected chi connectivity index (χ1v) is 28.5. The van der Waals surface area contributed by atoms with Gasteiger partial charge in [-0.25, -0.2) is 0 Å². The summed E-state index contributed by atoms with van der Waals surface area (Å²) in [5.74, 6) is 0. The number of para-hydroxylation sites is 6. The molecule has 378 valence electrons. The van der Waals surface area contributed by atoms with Gasteiger partial charge in [0.25, 0.3) is 0 Å². The van der Waals surface area contributed by atoms with E-state index in [1.54, 1.807) is 0 Å². The first kappa shape index (κ1) is 47.3. The molecule has 6 heterocycles. The Morgan fingerprint density at radius 3 is 1.23 bits per heavy atom. The maximum Gasteiger partial charge on any atom is 0.247 e. The van der Waals surface area contributed by atoms with Crippen LogP contribution in [0, 0.1) is 20.8 Å². The summed E-state index contributed by atoms with van der Waals surface area (Å²) in [5.41, 5.74) is 28.3. The van der Waals surface area contributed by atoms with E-state index in [1.165, 1.54) is 148 Å². The van der Waals surface area contributed by atoms with Crippen LogP contribution in [0.2, 0.25) is 0 Å². The first-order valence-electron chi connectivity index (χ1n) is 28.5. The lowest BCUT2D eigenvalue weighted by molar-refractivity contribution is 1.19. The molecule has 12 aromatic carbocycles. The Labute approximate surface area is 473 Å². The second kappa shape index (κ2) is 18.7. The van der Waals surface area contributed by atoms with Crippen molar-refractivity contribution < 1.29 is 0 Å². The monoisotopic (exact) mass is 1030 g/mol. The molecule has 3 aliphatic heterocycles. The molecule has 0 atom stereocenters. The van der Waals surface area contributed by atoms with E-state index in [0.29, 0.717) is 0 Å². The van der Waals surface area contributed by atoms with Crippen molar-refractivity contribution in [3.05, 3.63) is 290 Å². The SMILES string of the molecule is Cc1cc2c3c(c1)c1ccccc1n3-c1ccccc1B2c1ccccc1.Cc1ccc2c3c1c1ccccc1n3-c1ccccc1B2c1ccccc1.Cc1ccc2c3ccccc3n3c2c1B(c1ccccc1)c1ccccc1-3. The van der Waals surface area contributed by atoms with Crippen LogP contribution in [0.25, 0.3) is 82.5 Å². The third-order valence-corrected chi connectivity index (χ3v) is 17.9. The Balaban J connectivity index is 0.000000100. The standard InChI is InChI=1S/3C25H18BN/c1-17-15-20-19-11-5-7-13-23(19)27-24-14-8-6-12-21(24)26(22(16-17)25(20)27)18-9-3-2-4-10-18;1-17-15-16-20-19-11-5-7-13-22(19)27-23-14-8-6-12-21(23)26(24(17)25(20)27)18-9-3-2-4-10-18;1-17-15-16-21-25-24(17)19-11-5-7-13-22(19)27(25)23-14-8-6-12-20(23)26(21)18-9-3-2-4-10-18/h3*2-16H,1H3. The van der Waals surface area contributed by atoms with Gasteiger partial charge in [0.05, 0.1) is 16.6 Å². The number of aromatic nitrogens is 3. The number of fused-ring (bicyclic) bond motifs is 15. The van der Waals surface area contributed by atoms with Crippen LogP contribution < -0.4 is 49.2 Å². The van der Waals surface area contributed by atoms with Crippen LogP contribution in [-0.4, -0.2) is 33.8 Å². The highest BCUT2D eigenvalue weighted by atomic mass is 15.0. The molecule has 0 radical (unpaired) electrons. The molecular weight excluding hydrogens is 975 g/mol. The molecule has 0 unspecified atom stereocenters. The van der Waals surface area contributed by atoms with Crippen molar-refractivity contribution >= 4 is 135 Å². The summed E-state index contributed by atoms with van der Waals surface area (Å²) in [6, 6.07) is 99.7. The normalized spacial score (nSPS) is 12.6. The Bertz CT molecular complexity index is 4980. The predicted molar refractivity (Wildman–Crippen MR) is 350 cm³/mol. The fourth-order valence-electron chi connectivity index (χ4n) is 14.6. The third kappa shape index (κ3) is 7.12. The molecular formula is C75H54B3N3. The van der Waals surface area contributed by atoms with Crippen molar-refractivity contribution in [1.29, 1.82) is 0 Å². The van der Waals surface area contributed by atoms with Crippen molar-refractivity contribution in [2.75, 3.05) is 0 Å². The first-order chi connectivity index (χ1) is 40.0. The molecule has 0 saturated carbocycles. The Morgan fingerprint density at radius 1 is 0.259 bits per heavy atom. The van der Waals surface area contributed by atoms with Crippen molar-refractivity contribution in [2.45, 2.75) is 20.8 Å². The molecule has 3 nitrogen and oxygen atoms in total. The predicted octanol–water partition coefficient (Wildman–Crippen LogP) is 11.8. The van der Waals surface area contributed by atoms with Gasteiger partial charge in [0, 0.05) is 65.9 Å². The fraction of sp³-hybridized carbons (Fsp3) is 0.0400. The number of benzene rings is 12. The number of hydrogen-bond donors (Lipinski definition) is 0. The van der Waals surface area contributed by atoms with Gasteiger partial charge in [-0.1, -0.05) is 258 Å². The van der Waals surface area contributed by atoms with E-state index in [1.807, 2.05) is 0 Å². The summed E-state index contributed by atoms with van der Waals surface area (Å²) in [4.78, 5) is 0. The fourth-order valence-corrected chi connectivity index (χ4v) is 14.6. The van der Waals surface area contributed by atoms with Gasteiger partial charge in [-0.05, 0) is 102 Å². The highest BCUT2D eigenvalue weighted by Crippen LogP contribution is 2.37. The second-order valence-electron chi connectivity index (χ2n) is 22.4. The Hall–Kier alpha value is -9.77. The highest BCUT2D eigenvalue weighted by molar-refractivity contribution is 6.99. The van der Waals surface area contributed by atoms with Crippen molar-refractivity contribution in [3.63, 3.8) is 0 Å². The number of aryl methyl sites for hydroxylation is 3. The van der Waals surface area contributed by atoms with E-state index in [2.05, 4.69) is 307 Å². The smallest absolute Gasteiger partial charge is 0.247 e. The van der Waals surface area contributed by atoms with E-state index in [0.717, 1.165) is 0 Å². The number of hydrogen-bond acceptors (Lipinski definition) is 0. The zero-order chi connectivity index (χ0) is 53.9. The van der Waals surface area contributed by atoms with Gasteiger partial charge in [-0.3, -0.25) is 0 Å². The van der Waals surface area contributed by atoms with Crippen LogP contribution in [-0.2, 0) is 0 Å². The van der Waals surface area contributed by atoms with E-state index >= 15 is 0 Å². The van der Waals surface area contributed by atoms with Crippen LogP contribution in [0.5, 0.6) is 0 Å². The molecule has 0 bridgehead atoms. The summed E-state index contributed by atoms with van der Waals surface area (Å²) in [5, 5.41) is 8.10.